The average molecular weight is 445 g/mol. The van der Waals surface area contributed by atoms with Crippen LogP contribution in [0.4, 0.5) is 0 Å². The largest absolute Gasteiger partial charge is 0.474 e. The van der Waals surface area contributed by atoms with Gasteiger partial charge in [-0.15, -0.1) is 0 Å². The van der Waals surface area contributed by atoms with Crippen LogP contribution in [0, 0.1) is 17.2 Å². The Balaban J connectivity index is 1.24. The van der Waals surface area contributed by atoms with Gasteiger partial charge in [0.1, 0.15) is 17.7 Å². The van der Waals surface area contributed by atoms with Crippen LogP contribution < -0.4 is 14.8 Å². The Kier molecular flexibility index (Phi) is 6.88. The van der Waals surface area contributed by atoms with E-state index in [9.17, 15) is 4.79 Å². The van der Waals surface area contributed by atoms with Crippen molar-refractivity contribution < 1.29 is 19.0 Å². The van der Waals surface area contributed by atoms with Crippen LogP contribution in [-0.4, -0.2) is 46.8 Å². The van der Waals surface area contributed by atoms with Gasteiger partial charge in [-0.25, -0.2) is 9.97 Å². The standard InChI is InChI=1S/C22H28N4O4S/c1-13(25-14(2)27)12-28-16-3-5-17(6-4-16)29-21-9-20-19(11-24-21)26-22(31-20)30-18-7-15(8-18)10-23/h9,11,13,15-18H,3-8,12H2,1-2H3,(H,25,27)/t13-,15?,16?,17?,18?/m0/s1. The molecule has 1 N–H and O–H groups in total. The van der Waals surface area contributed by atoms with Gasteiger partial charge in [-0.1, -0.05) is 11.3 Å². The number of pyridine rings is 1. The first kappa shape index (κ1) is 21.8. The third-order valence-electron chi connectivity index (χ3n) is 5.72. The molecule has 2 fully saturated rings. The van der Waals surface area contributed by atoms with Gasteiger partial charge < -0.3 is 19.5 Å². The Labute approximate surface area is 185 Å². The summed E-state index contributed by atoms with van der Waals surface area (Å²) in [5, 5.41) is 12.3. The third-order valence-corrected chi connectivity index (χ3v) is 6.62. The summed E-state index contributed by atoms with van der Waals surface area (Å²) in [6.45, 7) is 3.99. The summed E-state index contributed by atoms with van der Waals surface area (Å²) in [6.07, 6.45) is 7.40. The zero-order valence-corrected chi connectivity index (χ0v) is 18.7. The summed E-state index contributed by atoms with van der Waals surface area (Å²) in [4.78, 5) is 20.0. The number of carbonyl (C=O) groups excluding carboxylic acids is 1. The molecule has 1 amide bonds. The molecule has 166 valence electrons. The minimum Gasteiger partial charge on any atom is -0.474 e. The van der Waals surface area contributed by atoms with E-state index in [0.717, 1.165) is 48.7 Å². The summed E-state index contributed by atoms with van der Waals surface area (Å²) >= 11 is 1.49. The van der Waals surface area contributed by atoms with Crippen LogP contribution in [0.2, 0.25) is 0 Å². The number of fused-ring (bicyclic) bond motifs is 1. The van der Waals surface area contributed by atoms with Gasteiger partial charge in [0.15, 0.2) is 0 Å². The van der Waals surface area contributed by atoms with Crippen molar-refractivity contribution in [2.75, 3.05) is 6.61 Å². The topological polar surface area (TPSA) is 106 Å². The van der Waals surface area contributed by atoms with E-state index in [1.807, 2.05) is 13.0 Å². The lowest BCUT2D eigenvalue weighted by molar-refractivity contribution is -0.120. The van der Waals surface area contributed by atoms with Crippen LogP contribution in [-0.2, 0) is 9.53 Å². The van der Waals surface area contributed by atoms with E-state index in [1.54, 1.807) is 6.20 Å². The number of rotatable bonds is 8. The summed E-state index contributed by atoms with van der Waals surface area (Å²) in [5.41, 5.74) is 0.800. The molecule has 0 saturated heterocycles. The van der Waals surface area contributed by atoms with E-state index < -0.39 is 0 Å². The van der Waals surface area contributed by atoms with Crippen LogP contribution >= 0.6 is 11.3 Å². The van der Waals surface area contributed by atoms with Gasteiger partial charge >= 0.3 is 0 Å². The maximum atomic E-state index is 11.1. The molecule has 2 aromatic heterocycles. The summed E-state index contributed by atoms with van der Waals surface area (Å²) in [7, 11) is 0. The molecule has 2 aromatic rings. The number of hydrogen-bond donors (Lipinski definition) is 1. The molecule has 2 aliphatic carbocycles. The number of nitriles is 1. The molecule has 2 saturated carbocycles. The summed E-state index contributed by atoms with van der Waals surface area (Å²) in [5.74, 6) is 0.690. The van der Waals surface area contributed by atoms with E-state index in [2.05, 4.69) is 21.4 Å². The van der Waals surface area contributed by atoms with Crippen molar-refractivity contribution in [2.24, 2.45) is 5.92 Å². The number of nitrogens with one attached hydrogen (secondary N) is 1. The van der Waals surface area contributed by atoms with Crippen LogP contribution in [0.1, 0.15) is 52.4 Å². The van der Waals surface area contributed by atoms with Gasteiger partial charge in [0.05, 0.1) is 35.6 Å². The summed E-state index contributed by atoms with van der Waals surface area (Å²) in [6, 6.07) is 4.21. The first-order valence-corrected chi connectivity index (χ1v) is 11.7. The van der Waals surface area contributed by atoms with E-state index in [4.69, 9.17) is 19.5 Å². The SMILES string of the molecule is CC(=O)N[C@@H](C)COC1CCC(Oc2cc3sc(OC4CC(C#N)C4)nc3cn2)CC1. The van der Waals surface area contributed by atoms with Crippen molar-refractivity contribution in [1.29, 1.82) is 5.26 Å². The maximum absolute atomic E-state index is 11.1. The van der Waals surface area contributed by atoms with Gasteiger partial charge in [0, 0.05) is 31.9 Å². The molecule has 8 nitrogen and oxygen atoms in total. The zero-order chi connectivity index (χ0) is 21.8. The van der Waals surface area contributed by atoms with Crippen LogP contribution in [0.5, 0.6) is 11.1 Å². The highest BCUT2D eigenvalue weighted by Gasteiger charge is 2.31. The quantitative estimate of drug-likeness (QED) is 0.663. The molecule has 0 spiro atoms. The lowest BCUT2D eigenvalue weighted by Crippen LogP contribution is -2.36. The molecule has 2 heterocycles. The van der Waals surface area contributed by atoms with Crippen LogP contribution in [0.15, 0.2) is 12.3 Å². The molecule has 31 heavy (non-hydrogen) atoms. The Bertz CT molecular complexity index is 945. The number of carbonyl (C=O) groups is 1. The Hall–Kier alpha value is -2.44. The van der Waals surface area contributed by atoms with Gasteiger partial charge in [-0.2, -0.15) is 5.26 Å². The van der Waals surface area contributed by atoms with E-state index in [1.165, 1.54) is 18.3 Å². The molecule has 4 rings (SSSR count). The molecule has 0 unspecified atom stereocenters. The Morgan fingerprint density at radius 2 is 2.00 bits per heavy atom. The van der Waals surface area contributed by atoms with Crippen LogP contribution in [0.25, 0.3) is 10.2 Å². The maximum Gasteiger partial charge on any atom is 0.274 e. The van der Waals surface area contributed by atoms with Crippen molar-refractivity contribution in [3.63, 3.8) is 0 Å². The molecule has 0 bridgehead atoms. The predicted molar refractivity (Wildman–Crippen MR) is 116 cm³/mol. The third kappa shape index (κ3) is 5.83. The van der Waals surface area contributed by atoms with Crippen molar-refractivity contribution in [3.8, 4) is 17.1 Å². The molecule has 0 radical (unpaired) electrons. The second-order valence-electron chi connectivity index (χ2n) is 8.46. The first-order chi connectivity index (χ1) is 15.0. The second-order valence-corrected chi connectivity index (χ2v) is 9.45. The zero-order valence-electron chi connectivity index (χ0n) is 17.9. The number of thiazole rings is 1. The lowest BCUT2D eigenvalue weighted by atomic mass is 9.84. The lowest BCUT2D eigenvalue weighted by Gasteiger charge is -2.29. The molecule has 0 aliphatic heterocycles. The first-order valence-electron chi connectivity index (χ1n) is 10.9. The molecule has 2 aliphatic rings. The van der Waals surface area contributed by atoms with Gasteiger partial charge in [-0.3, -0.25) is 4.79 Å². The molecule has 0 aromatic carbocycles. The number of ether oxygens (including phenoxy) is 3. The number of nitrogens with zero attached hydrogens (tertiary/aromatic N) is 3. The second kappa shape index (κ2) is 9.79. The van der Waals surface area contributed by atoms with Crippen molar-refractivity contribution in [3.05, 3.63) is 12.3 Å². The Morgan fingerprint density at radius 1 is 1.26 bits per heavy atom. The fraction of sp³-hybridized carbons (Fsp3) is 0.636. The number of aromatic nitrogens is 2. The van der Waals surface area contributed by atoms with E-state index >= 15 is 0 Å². The smallest absolute Gasteiger partial charge is 0.274 e. The van der Waals surface area contributed by atoms with Crippen molar-refractivity contribution >= 4 is 27.5 Å². The monoisotopic (exact) mass is 444 g/mol. The highest BCUT2D eigenvalue weighted by molar-refractivity contribution is 7.20. The summed E-state index contributed by atoms with van der Waals surface area (Å²) < 4.78 is 18.9. The predicted octanol–water partition coefficient (Wildman–Crippen LogP) is 3.60. The highest BCUT2D eigenvalue weighted by Crippen LogP contribution is 2.35. The number of amides is 1. The minimum atomic E-state index is -0.0343. The van der Waals surface area contributed by atoms with Gasteiger partial charge in [0.25, 0.3) is 5.19 Å². The van der Waals surface area contributed by atoms with E-state index in [0.29, 0.717) is 17.7 Å². The average Bonchev–Trinajstić information content (AvgIpc) is 3.11. The Morgan fingerprint density at radius 3 is 2.71 bits per heavy atom. The molecule has 9 heteroatoms. The fourth-order valence-corrected chi connectivity index (χ4v) is 4.85. The van der Waals surface area contributed by atoms with Crippen molar-refractivity contribution in [1.82, 2.24) is 15.3 Å². The van der Waals surface area contributed by atoms with E-state index in [-0.39, 0.29) is 36.2 Å². The molecular weight excluding hydrogens is 416 g/mol. The van der Waals surface area contributed by atoms with Gasteiger partial charge in [-0.05, 0) is 32.6 Å². The number of hydrogen-bond acceptors (Lipinski definition) is 8. The normalized spacial score (nSPS) is 26.5. The fourth-order valence-electron chi connectivity index (χ4n) is 3.97. The van der Waals surface area contributed by atoms with Gasteiger partial charge in [0.2, 0.25) is 11.8 Å². The van der Waals surface area contributed by atoms with Crippen molar-refractivity contribution in [2.45, 2.75) is 76.7 Å². The minimum absolute atomic E-state index is 0.0211. The van der Waals surface area contributed by atoms with Crippen LogP contribution in [0.3, 0.4) is 0 Å². The highest BCUT2D eigenvalue weighted by atomic mass is 32.1. The molecular formula is C22H28N4O4S. The molecule has 1 atom stereocenters.